The van der Waals surface area contributed by atoms with Crippen LogP contribution in [0.2, 0.25) is 0 Å². The molecule has 0 spiro atoms. The van der Waals surface area contributed by atoms with Gasteiger partial charge in [-0.1, -0.05) is 18.2 Å². The van der Waals surface area contributed by atoms with Gasteiger partial charge < -0.3 is 24.3 Å². The van der Waals surface area contributed by atoms with E-state index in [1.54, 1.807) is 7.11 Å². The van der Waals surface area contributed by atoms with Crippen LogP contribution in [0.3, 0.4) is 0 Å². The molecule has 2 fully saturated rings. The zero-order chi connectivity index (χ0) is 24.9. The number of hydrogen-bond donors (Lipinski definition) is 1. The van der Waals surface area contributed by atoms with Gasteiger partial charge in [0.15, 0.2) is 0 Å². The second-order valence-corrected chi connectivity index (χ2v) is 9.40. The molecule has 2 aromatic carbocycles. The monoisotopic (exact) mass is 490 g/mol. The van der Waals surface area contributed by atoms with Crippen molar-refractivity contribution < 1.29 is 19.1 Å². The molecule has 0 atom stereocenters. The molecule has 0 unspecified atom stereocenters. The first-order valence-electron chi connectivity index (χ1n) is 12.7. The van der Waals surface area contributed by atoms with Gasteiger partial charge in [-0.15, -0.1) is 0 Å². The molecule has 1 aromatic heterocycles. The van der Waals surface area contributed by atoms with Crippen molar-refractivity contribution in [3.8, 4) is 17.0 Å². The third-order valence-corrected chi connectivity index (χ3v) is 7.23. The number of carbonyl (C=O) groups excluding carboxylic acids is 2. The number of nitrogens with zero attached hydrogens (tertiary/aromatic N) is 3. The van der Waals surface area contributed by atoms with Crippen molar-refractivity contribution in [2.45, 2.75) is 12.8 Å². The van der Waals surface area contributed by atoms with Crippen molar-refractivity contribution in [3.63, 3.8) is 0 Å². The molecule has 5 rings (SSSR count). The fourth-order valence-electron chi connectivity index (χ4n) is 5.11. The van der Waals surface area contributed by atoms with Gasteiger partial charge in [0.2, 0.25) is 11.8 Å². The number of nitrogens with one attached hydrogen (secondary N) is 1. The number of aromatic nitrogens is 1. The number of H-pyrrole nitrogens is 1. The third kappa shape index (κ3) is 5.39. The fourth-order valence-corrected chi connectivity index (χ4v) is 5.11. The summed E-state index contributed by atoms with van der Waals surface area (Å²) in [4.78, 5) is 35.2. The Labute approximate surface area is 211 Å². The van der Waals surface area contributed by atoms with Gasteiger partial charge in [0, 0.05) is 62.3 Å². The summed E-state index contributed by atoms with van der Waals surface area (Å²) in [7, 11) is 1.66. The van der Waals surface area contributed by atoms with E-state index in [2.05, 4.69) is 22.0 Å². The zero-order valence-electron chi connectivity index (χ0n) is 20.9. The quantitative estimate of drug-likeness (QED) is 0.551. The van der Waals surface area contributed by atoms with Gasteiger partial charge in [-0.05, 0) is 47.9 Å². The molecule has 2 aliphatic heterocycles. The highest BCUT2D eigenvalue weighted by molar-refractivity contribution is 5.91. The van der Waals surface area contributed by atoms with Crippen LogP contribution in [-0.4, -0.2) is 97.6 Å². The minimum Gasteiger partial charge on any atom is -0.497 e. The van der Waals surface area contributed by atoms with Crippen LogP contribution < -0.4 is 4.74 Å². The SMILES string of the molecule is COc1ccc(-c2[nH]c3ccccc3c2CCC(=O)N2CCN(CC(=O)N3CCOCC3)CC2)cc1. The number of aryl methyl sites for hydroxylation is 1. The van der Waals surface area contributed by atoms with Crippen LogP contribution in [0.1, 0.15) is 12.0 Å². The Bertz CT molecular complexity index is 1190. The van der Waals surface area contributed by atoms with E-state index in [4.69, 9.17) is 9.47 Å². The number of rotatable bonds is 7. The summed E-state index contributed by atoms with van der Waals surface area (Å²) in [6.45, 7) is 5.77. The Morgan fingerprint density at radius 1 is 0.889 bits per heavy atom. The molecular formula is C28H34N4O4. The number of aromatic amines is 1. The molecule has 2 aliphatic rings. The number of para-hydroxylation sites is 1. The predicted octanol–water partition coefficient (Wildman–Crippen LogP) is 2.78. The number of morpholine rings is 1. The number of piperazine rings is 1. The maximum absolute atomic E-state index is 13.1. The minimum absolute atomic E-state index is 0.156. The molecule has 36 heavy (non-hydrogen) atoms. The number of amides is 2. The van der Waals surface area contributed by atoms with E-state index in [0.717, 1.165) is 41.0 Å². The lowest BCUT2D eigenvalue weighted by Crippen LogP contribution is -2.52. The summed E-state index contributed by atoms with van der Waals surface area (Å²) in [5.41, 5.74) is 4.37. The lowest BCUT2D eigenvalue weighted by Gasteiger charge is -2.36. The van der Waals surface area contributed by atoms with E-state index < -0.39 is 0 Å². The smallest absolute Gasteiger partial charge is 0.236 e. The average Bonchev–Trinajstić information content (AvgIpc) is 3.31. The number of methoxy groups -OCH3 is 1. The molecule has 0 aliphatic carbocycles. The van der Waals surface area contributed by atoms with Crippen molar-refractivity contribution in [1.29, 1.82) is 0 Å². The third-order valence-electron chi connectivity index (χ3n) is 7.23. The topological polar surface area (TPSA) is 78.1 Å². The van der Waals surface area contributed by atoms with Crippen molar-refractivity contribution in [2.75, 3.05) is 66.1 Å². The Morgan fingerprint density at radius 2 is 1.58 bits per heavy atom. The Hall–Kier alpha value is -3.36. The largest absolute Gasteiger partial charge is 0.497 e. The maximum Gasteiger partial charge on any atom is 0.236 e. The number of ether oxygens (including phenoxy) is 2. The van der Waals surface area contributed by atoms with Crippen LogP contribution in [0.5, 0.6) is 5.75 Å². The van der Waals surface area contributed by atoms with Crippen LogP contribution in [0.25, 0.3) is 22.2 Å². The molecule has 8 heteroatoms. The van der Waals surface area contributed by atoms with Gasteiger partial charge in [-0.3, -0.25) is 14.5 Å². The Morgan fingerprint density at radius 3 is 2.31 bits per heavy atom. The molecule has 0 saturated carbocycles. The molecule has 2 saturated heterocycles. The van der Waals surface area contributed by atoms with Crippen LogP contribution in [0.15, 0.2) is 48.5 Å². The maximum atomic E-state index is 13.1. The van der Waals surface area contributed by atoms with Gasteiger partial charge >= 0.3 is 0 Å². The molecule has 8 nitrogen and oxygen atoms in total. The van der Waals surface area contributed by atoms with Crippen LogP contribution in [0, 0.1) is 0 Å². The number of benzene rings is 2. The zero-order valence-corrected chi connectivity index (χ0v) is 20.9. The fraction of sp³-hybridized carbons (Fsp3) is 0.429. The summed E-state index contributed by atoms with van der Waals surface area (Å²) >= 11 is 0. The minimum atomic E-state index is 0.156. The summed E-state index contributed by atoms with van der Waals surface area (Å²) in [6, 6.07) is 16.3. The van der Waals surface area contributed by atoms with Crippen molar-refractivity contribution >= 4 is 22.7 Å². The van der Waals surface area contributed by atoms with E-state index in [9.17, 15) is 9.59 Å². The highest BCUT2D eigenvalue weighted by Gasteiger charge is 2.25. The van der Waals surface area contributed by atoms with Gasteiger partial charge in [-0.25, -0.2) is 0 Å². The molecule has 3 heterocycles. The highest BCUT2D eigenvalue weighted by Crippen LogP contribution is 2.32. The second-order valence-electron chi connectivity index (χ2n) is 9.40. The van der Waals surface area contributed by atoms with Gasteiger partial charge in [0.05, 0.1) is 26.9 Å². The highest BCUT2D eigenvalue weighted by atomic mass is 16.5. The van der Waals surface area contributed by atoms with Gasteiger partial charge in [0.25, 0.3) is 0 Å². The van der Waals surface area contributed by atoms with E-state index in [0.29, 0.717) is 58.8 Å². The molecule has 0 radical (unpaired) electrons. The molecule has 1 N–H and O–H groups in total. The predicted molar refractivity (Wildman–Crippen MR) is 139 cm³/mol. The first kappa shape index (κ1) is 24.3. The molecule has 2 amide bonds. The number of hydrogen-bond acceptors (Lipinski definition) is 5. The summed E-state index contributed by atoms with van der Waals surface area (Å²) in [5, 5.41) is 1.16. The first-order valence-corrected chi connectivity index (χ1v) is 12.7. The summed E-state index contributed by atoms with van der Waals surface area (Å²) < 4.78 is 10.6. The van der Waals surface area contributed by atoms with E-state index in [1.165, 1.54) is 5.56 Å². The van der Waals surface area contributed by atoms with Crippen LogP contribution >= 0.6 is 0 Å². The van der Waals surface area contributed by atoms with Gasteiger partial charge in [0.1, 0.15) is 5.75 Å². The molecule has 190 valence electrons. The standard InChI is InChI=1S/C28H34N4O4/c1-35-22-8-6-21(7-9-22)28-24(23-4-2-3-5-25(23)29-28)10-11-26(33)31-14-12-30(13-15-31)20-27(34)32-16-18-36-19-17-32/h2-9,29H,10-20H2,1H3. The lowest BCUT2D eigenvalue weighted by molar-refractivity contribution is -0.137. The summed E-state index contributed by atoms with van der Waals surface area (Å²) in [6.07, 6.45) is 1.12. The van der Waals surface area contributed by atoms with Crippen LogP contribution in [-0.2, 0) is 20.7 Å². The lowest BCUT2D eigenvalue weighted by atomic mass is 10.0. The van der Waals surface area contributed by atoms with Gasteiger partial charge in [-0.2, -0.15) is 0 Å². The Balaban J connectivity index is 1.20. The number of fused-ring (bicyclic) bond motifs is 1. The average molecular weight is 491 g/mol. The number of carbonyl (C=O) groups is 2. The second kappa shape index (κ2) is 11.1. The van der Waals surface area contributed by atoms with Crippen molar-refractivity contribution in [2.24, 2.45) is 0 Å². The normalized spacial score (nSPS) is 16.9. The van der Waals surface area contributed by atoms with Crippen molar-refractivity contribution in [1.82, 2.24) is 19.7 Å². The van der Waals surface area contributed by atoms with Crippen LogP contribution in [0.4, 0.5) is 0 Å². The molecular weight excluding hydrogens is 456 g/mol. The van der Waals surface area contributed by atoms with E-state index in [-0.39, 0.29) is 11.8 Å². The molecule has 3 aromatic rings. The van der Waals surface area contributed by atoms with Crippen molar-refractivity contribution in [3.05, 3.63) is 54.1 Å². The Kier molecular flexibility index (Phi) is 7.53. The molecule has 0 bridgehead atoms. The van der Waals surface area contributed by atoms with E-state index >= 15 is 0 Å². The van der Waals surface area contributed by atoms with E-state index in [1.807, 2.05) is 46.2 Å². The first-order chi connectivity index (χ1) is 17.6. The summed E-state index contributed by atoms with van der Waals surface area (Å²) in [5.74, 6) is 1.14.